The van der Waals surface area contributed by atoms with E-state index < -0.39 is 12.4 Å². The number of sulfone groups is 1. The molecule has 0 amide bonds. The van der Waals surface area contributed by atoms with Crippen molar-refractivity contribution in [3.8, 4) is 0 Å². The highest BCUT2D eigenvalue weighted by atomic mass is 79.9. The molecule has 0 unspecified atom stereocenters. The Bertz CT molecular complexity index is 384. The van der Waals surface area contributed by atoms with Crippen LogP contribution in [0.4, 0.5) is 0 Å². The van der Waals surface area contributed by atoms with Crippen LogP contribution in [-0.2, 0) is 12.4 Å². The molecule has 72 valence electrons. The Hall–Kier alpha value is 0.130. The van der Waals surface area contributed by atoms with Crippen LogP contribution in [0.15, 0.2) is 30.3 Å². The van der Waals surface area contributed by atoms with Gasteiger partial charge in [0.2, 0.25) is 2.57 Å². The lowest BCUT2D eigenvalue weighted by atomic mass is 10.2. The summed E-state index contributed by atoms with van der Waals surface area (Å²) in [5.41, 5.74) is 0.664. The maximum atomic E-state index is 11.4. The molecule has 0 radical (unpaired) electrons. The van der Waals surface area contributed by atoms with E-state index in [-0.39, 0.29) is 0 Å². The molecule has 0 aliphatic rings. The van der Waals surface area contributed by atoms with Crippen LogP contribution in [0.25, 0.3) is 0 Å². The third kappa shape index (κ3) is 2.33. The summed E-state index contributed by atoms with van der Waals surface area (Å²) >= 11 is 6.28. The molecule has 0 fully saturated rings. The fraction of sp³-hybridized carbons (Fsp3) is 0.250. The summed E-state index contributed by atoms with van der Waals surface area (Å²) in [7, 11) is -3.22. The minimum atomic E-state index is -3.22. The van der Waals surface area contributed by atoms with Crippen LogP contribution in [-0.4, -0.2) is 14.7 Å². The maximum Gasteiger partial charge on any atom is 0.205 e. The standard InChI is InChI=1S/C8H8Br2O2S/c1-13(11,12)8(9,10)7-5-3-2-4-6-7/h2-6H,1H3. The second-order valence-electron chi connectivity index (χ2n) is 2.65. The molecule has 13 heavy (non-hydrogen) atoms. The summed E-state index contributed by atoms with van der Waals surface area (Å²) in [4.78, 5) is 0. The van der Waals surface area contributed by atoms with Crippen molar-refractivity contribution in [1.82, 2.24) is 0 Å². The largest absolute Gasteiger partial charge is 0.226 e. The van der Waals surface area contributed by atoms with Crippen LogP contribution in [0.3, 0.4) is 0 Å². The predicted molar refractivity (Wildman–Crippen MR) is 60.8 cm³/mol. The quantitative estimate of drug-likeness (QED) is 0.782. The van der Waals surface area contributed by atoms with Gasteiger partial charge in [0, 0.05) is 6.26 Å². The van der Waals surface area contributed by atoms with Gasteiger partial charge in [-0.25, -0.2) is 8.42 Å². The zero-order chi connectivity index (χ0) is 10.1. The average molecular weight is 328 g/mol. The number of hydrogen-bond acceptors (Lipinski definition) is 2. The number of halogens is 2. The predicted octanol–water partition coefficient (Wildman–Crippen LogP) is 2.63. The molecule has 1 aromatic rings. The average Bonchev–Trinajstić information content (AvgIpc) is 2.04. The SMILES string of the molecule is CS(=O)(=O)C(Br)(Br)c1ccccc1. The highest BCUT2D eigenvalue weighted by molar-refractivity contribution is 9.27. The lowest BCUT2D eigenvalue weighted by Crippen LogP contribution is -2.20. The molecule has 2 nitrogen and oxygen atoms in total. The van der Waals surface area contributed by atoms with Gasteiger partial charge in [0.25, 0.3) is 0 Å². The van der Waals surface area contributed by atoms with Crippen LogP contribution in [0.2, 0.25) is 0 Å². The van der Waals surface area contributed by atoms with Crippen molar-refractivity contribution in [3.63, 3.8) is 0 Å². The Kier molecular flexibility index (Phi) is 3.20. The molecule has 0 N–H and O–H groups in total. The summed E-state index contributed by atoms with van der Waals surface area (Å²) in [6.45, 7) is 0. The van der Waals surface area contributed by atoms with Gasteiger partial charge in [-0.3, -0.25) is 0 Å². The minimum absolute atomic E-state index is 0.664. The summed E-state index contributed by atoms with van der Waals surface area (Å²) in [6, 6.07) is 8.90. The maximum absolute atomic E-state index is 11.4. The Morgan fingerprint density at radius 3 is 2.00 bits per heavy atom. The van der Waals surface area contributed by atoms with Crippen LogP contribution >= 0.6 is 31.9 Å². The van der Waals surface area contributed by atoms with Crippen LogP contribution < -0.4 is 0 Å². The topological polar surface area (TPSA) is 34.1 Å². The molecule has 0 heterocycles. The van der Waals surface area contributed by atoms with Gasteiger partial charge in [0.1, 0.15) is 0 Å². The van der Waals surface area contributed by atoms with Gasteiger partial charge in [0.05, 0.1) is 0 Å². The van der Waals surface area contributed by atoms with E-state index in [4.69, 9.17) is 0 Å². The van der Waals surface area contributed by atoms with Crippen molar-refractivity contribution < 1.29 is 8.42 Å². The Morgan fingerprint density at radius 1 is 1.15 bits per heavy atom. The van der Waals surface area contributed by atoms with Crippen LogP contribution in [0, 0.1) is 0 Å². The third-order valence-corrected chi connectivity index (χ3v) is 7.19. The van der Waals surface area contributed by atoms with Crippen molar-refractivity contribution in [2.24, 2.45) is 0 Å². The molecule has 0 aromatic heterocycles. The zero-order valence-corrected chi connectivity index (χ0v) is 10.9. The highest BCUT2D eigenvalue weighted by Gasteiger charge is 2.36. The first-order valence-electron chi connectivity index (χ1n) is 3.48. The van der Waals surface area contributed by atoms with Crippen molar-refractivity contribution in [2.45, 2.75) is 2.57 Å². The fourth-order valence-corrected chi connectivity index (χ4v) is 1.94. The molecule has 1 rings (SSSR count). The number of benzene rings is 1. The third-order valence-electron chi connectivity index (χ3n) is 1.58. The normalized spacial score (nSPS) is 12.8. The molecular formula is C8H8Br2O2S. The molecule has 5 heteroatoms. The van der Waals surface area contributed by atoms with Gasteiger partial charge in [-0.15, -0.1) is 0 Å². The zero-order valence-electron chi connectivity index (χ0n) is 6.87. The van der Waals surface area contributed by atoms with Crippen molar-refractivity contribution in [2.75, 3.05) is 6.26 Å². The molecule has 1 aromatic carbocycles. The van der Waals surface area contributed by atoms with Gasteiger partial charge in [0.15, 0.2) is 9.84 Å². The van der Waals surface area contributed by atoms with E-state index >= 15 is 0 Å². The van der Waals surface area contributed by atoms with E-state index in [1.165, 1.54) is 6.26 Å². The van der Waals surface area contributed by atoms with Gasteiger partial charge in [-0.1, -0.05) is 30.3 Å². The Morgan fingerprint density at radius 2 is 1.62 bits per heavy atom. The van der Waals surface area contributed by atoms with Crippen molar-refractivity contribution in [3.05, 3.63) is 35.9 Å². The van der Waals surface area contributed by atoms with E-state index in [9.17, 15) is 8.42 Å². The lowest BCUT2D eigenvalue weighted by Gasteiger charge is -2.18. The molecule has 0 aliphatic heterocycles. The first-order chi connectivity index (χ1) is 5.86. The molecular weight excluding hydrogens is 320 g/mol. The van der Waals surface area contributed by atoms with Crippen molar-refractivity contribution in [1.29, 1.82) is 0 Å². The smallest absolute Gasteiger partial charge is 0.205 e. The number of hydrogen-bond donors (Lipinski definition) is 0. The molecule has 0 spiro atoms. The van der Waals surface area contributed by atoms with Gasteiger partial charge in [-0.2, -0.15) is 0 Å². The van der Waals surface area contributed by atoms with Gasteiger partial charge in [-0.05, 0) is 37.4 Å². The van der Waals surface area contributed by atoms with Gasteiger partial charge < -0.3 is 0 Å². The number of rotatable bonds is 2. The Labute approximate surface area is 94.5 Å². The summed E-state index contributed by atoms with van der Waals surface area (Å²) in [5, 5.41) is 0. The summed E-state index contributed by atoms with van der Waals surface area (Å²) in [5.74, 6) is 0. The second kappa shape index (κ2) is 3.71. The fourth-order valence-electron chi connectivity index (χ4n) is 0.846. The van der Waals surface area contributed by atoms with Gasteiger partial charge >= 0.3 is 0 Å². The second-order valence-corrected chi connectivity index (χ2v) is 9.30. The van der Waals surface area contributed by atoms with E-state index in [1.54, 1.807) is 24.3 Å². The minimum Gasteiger partial charge on any atom is -0.226 e. The first kappa shape index (κ1) is 11.2. The molecule has 0 aliphatic carbocycles. The van der Waals surface area contributed by atoms with Crippen LogP contribution in [0.5, 0.6) is 0 Å². The monoisotopic (exact) mass is 326 g/mol. The van der Waals surface area contributed by atoms with E-state index in [0.717, 1.165) is 0 Å². The van der Waals surface area contributed by atoms with Crippen LogP contribution in [0.1, 0.15) is 5.56 Å². The highest BCUT2D eigenvalue weighted by Crippen LogP contribution is 2.42. The van der Waals surface area contributed by atoms with E-state index in [2.05, 4.69) is 31.9 Å². The number of alkyl halides is 2. The molecule has 0 bridgehead atoms. The first-order valence-corrected chi connectivity index (χ1v) is 6.96. The molecule has 0 saturated carbocycles. The summed E-state index contributed by atoms with van der Waals surface area (Å²) in [6.07, 6.45) is 1.17. The summed E-state index contributed by atoms with van der Waals surface area (Å²) < 4.78 is 21.5. The lowest BCUT2D eigenvalue weighted by molar-refractivity contribution is 0.598. The van der Waals surface area contributed by atoms with Crippen molar-refractivity contribution >= 4 is 41.7 Å². The molecule has 0 saturated heterocycles. The van der Waals surface area contributed by atoms with E-state index in [0.29, 0.717) is 5.56 Å². The molecule has 0 atom stereocenters. The Balaban J connectivity index is 3.24. The van der Waals surface area contributed by atoms with E-state index in [1.807, 2.05) is 6.07 Å².